The average molecular weight is 540 g/mol. The van der Waals surface area contributed by atoms with Gasteiger partial charge < -0.3 is 19.9 Å². The normalized spacial score (nSPS) is 18.5. The van der Waals surface area contributed by atoms with E-state index in [-0.39, 0.29) is 18.6 Å². The Kier molecular flexibility index (Phi) is 7.07. The first-order valence-electron chi connectivity index (χ1n) is 13.6. The van der Waals surface area contributed by atoms with Gasteiger partial charge in [-0.3, -0.25) is 9.48 Å². The van der Waals surface area contributed by atoms with Gasteiger partial charge in [0.1, 0.15) is 5.75 Å². The molecule has 0 bridgehead atoms. The second kappa shape index (κ2) is 10.7. The summed E-state index contributed by atoms with van der Waals surface area (Å²) < 4.78 is 46.7. The van der Waals surface area contributed by atoms with Gasteiger partial charge in [0.15, 0.2) is 6.61 Å². The number of aryl methyl sites for hydroxylation is 1. The van der Waals surface area contributed by atoms with E-state index in [0.29, 0.717) is 12.1 Å². The molecule has 39 heavy (non-hydrogen) atoms. The van der Waals surface area contributed by atoms with Crippen LogP contribution in [0.5, 0.6) is 5.75 Å². The van der Waals surface area contributed by atoms with Crippen molar-refractivity contribution in [3.63, 3.8) is 0 Å². The number of ether oxygens (including phenoxy) is 1. The predicted molar refractivity (Wildman–Crippen MR) is 142 cm³/mol. The smallest absolute Gasteiger partial charge is 0.416 e. The van der Waals surface area contributed by atoms with Crippen LogP contribution in [0.4, 0.5) is 18.9 Å². The summed E-state index contributed by atoms with van der Waals surface area (Å²) in [7, 11) is 0. The van der Waals surface area contributed by atoms with Crippen LogP contribution in [0.3, 0.4) is 0 Å². The lowest BCUT2D eigenvalue weighted by atomic mass is 10.0. The molecule has 3 aromatic rings. The highest BCUT2D eigenvalue weighted by Gasteiger charge is 2.34. The summed E-state index contributed by atoms with van der Waals surface area (Å²) in [6.45, 7) is 5.17. The van der Waals surface area contributed by atoms with E-state index in [0.717, 1.165) is 93.2 Å². The summed E-state index contributed by atoms with van der Waals surface area (Å²) >= 11 is 0. The van der Waals surface area contributed by atoms with Crippen molar-refractivity contribution >= 4 is 11.6 Å². The zero-order valence-corrected chi connectivity index (χ0v) is 21.7. The molecule has 0 atom stereocenters. The van der Waals surface area contributed by atoms with Crippen molar-refractivity contribution in [2.75, 3.05) is 37.7 Å². The number of nitrogens with one attached hydrogen (secondary N) is 1. The maximum Gasteiger partial charge on any atom is 0.416 e. The van der Waals surface area contributed by atoms with Gasteiger partial charge in [-0.1, -0.05) is 24.3 Å². The first kappa shape index (κ1) is 25.9. The molecule has 0 spiro atoms. The molecule has 1 aromatic heterocycles. The van der Waals surface area contributed by atoms with Gasteiger partial charge in [0.25, 0.3) is 5.91 Å². The number of halogens is 3. The number of rotatable bonds is 6. The van der Waals surface area contributed by atoms with Crippen LogP contribution in [0.15, 0.2) is 48.5 Å². The number of alkyl halides is 3. The van der Waals surface area contributed by atoms with Crippen molar-refractivity contribution in [3.05, 3.63) is 65.4 Å². The number of carbonyl (C=O) groups is 1. The number of likely N-dealkylation sites (tertiary alicyclic amines) is 1. The second-order valence-corrected chi connectivity index (χ2v) is 10.4. The monoisotopic (exact) mass is 539 g/mol. The number of aromatic nitrogens is 2. The Bertz CT molecular complexity index is 1330. The van der Waals surface area contributed by atoms with Crippen molar-refractivity contribution in [1.29, 1.82) is 0 Å². The third-order valence-electron chi connectivity index (χ3n) is 8.00. The Morgan fingerprint density at radius 2 is 1.79 bits per heavy atom. The molecule has 206 valence electrons. The molecule has 10 heteroatoms. The van der Waals surface area contributed by atoms with Crippen LogP contribution in [0.1, 0.15) is 36.1 Å². The maximum atomic E-state index is 13.0. The molecule has 0 saturated carbocycles. The van der Waals surface area contributed by atoms with Crippen molar-refractivity contribution < 1.29 is 22.7 Å². The fraction of sp³-hybridized carbons (Fsp3) is 0.448. The van der Waals surface area contributed by atoms with Crippen LogP contribution in [0.2, 0.25) is 0 Å². The zero-order chi connectivity index (χ0) is 27.0. The number of hydrogen-bond donors (Lipinski definition) is 1. The van der Waals surface area contributed by atoms with Gasteiger partial charge in [-0.25, -0.2) is 0 Å². The van der Waals surface area contributed by atoms with E-state index >= 15 is 0 Å². The van der Waals surface area contributed by atoms with Gasteiger partial charge in [0.05, 0.1) is 16.9 Å². The number of fused-ring (bicyclic) bond motifs is 2. The van der Waals surface area contributed by atoms with Crippen LogP contribution in [-0.4, -0.2) is 59.4 Å². The summed E-state index contributed by atoms with van der Waals surface area (Å²) in [6.07, 6.45) is -0.737. The highest BCUT2D eigenvalue weighted by atomic mass is 19.4. The highest BCUT2D eigenvalue weighted by Crippen LogP contribution is 2.36. The van der Waals surface area contributed by atoms with Crippen molar-refractivity contribution in [3.8, 4) is 17.0 Å². The molecule has 3 aliphatic rings. The Labute approximate surface area is 225 Å². The fourth-order valence-electron chi connectivity index (χ4n) is 6.02. The topological polar surface area (TPSA) is 62.6 Å². The Morgan fingerprint density at radius 1 is 1.03 bits per heavy atom. The fourth-order valence-corrected chi connectivity index (χ4v) is 6.02. The molecule has 1 N–H and O–H groups in total. The highest BCUT2D eigenvalue weighted by molar-refractivity contribution is 5.98. The summed E-state index contributed by atoms with van der Waals surface area (Å²) in [4.78, 5) is 17.1. The molecule has 6 rings (SSSR count). The Morgan fingerprint density at radius 3 is 2.56 bits per heavy atom. The molecule has 0 aliphatic carbocycles. The van der Waals surface area contributed by atoms with Crippen LogP contribution in [0.25, 0.3) is 11.3 Å². The number of hydrogen-bond acceptors (Lipinski definition) is 5. The second-order valence-electron chi connectivity index (χ2n) is 10.4. The van der Waals surface area contributed by atoms with E-state index in [1.807, 2.05) is 29.2 Å². The minimum Gasteiger partial charge on any atom is -0.482 e. The number of para-hydroxylation sites is 2. The standard InChI is InChI=1S/C29H32F3N5O2/c30-29(31,32)21-8-6-20(7-9-21)28-23-18-33-13-10-24(23)36(34-28)15-3-14-35-16-11-22(12-17-35)37-25-4-1-2-5-26(25)39-19-27(37)38/h1-2,4-9,22,33H,3,10-19H2. The third kappa shape index (κ3) is 5.27. The first-order valence-corrected chi connectivity index (χ1v) is 13.6. The molecule has 7 nitrogen and oxygen atoms in total. The van der Waals surface area contributed by atoms with E-state index in [9.17, 15) is 18.0 Å². The minimum absolute atomic E-state index is 0.0222. The molecule has 1 saturated heterocycles. The van der Waals surface area contributed by atoms with E-state index in [1.54, 1.807) is 0 Å². The van der Waals surface area contributed by atoms with Gasteiger partial charge in [0, 0.05) is 62.0 Å². The molecule has 4 heterocycles. The van der Waals surface area contributed by atoms with E-state index < -0.39 is 11.7 Å². The number of benzene rings is 2. The average Bonchev–Trinajstić information content (AvgIpc) is 3.32. The number of anilines is 1. The van der Waals surface area contributed by atoms with Crippen LogP contribution >= 0.6 is 0 Å². The lowest BCUT2D eigenvalue weighted by Gasteiger charge is -2.40. The number of piperidine rings is 1. The molecular formula is C29H32F3N5O2. The van der Waals surface area contributed by atoms with E-state index in [4.69, 9.17) is 9.84 Å². The molecular weight excluding hydrogens is 507 g/mol. The van der Waals surface area contributed by atoms with Crippen LogP contribution in [0, 0.1) is 0 Å². The van der Waals surface area contributed by atoms with Crippen molar-refractivity contribution in [1.82, 2.24) is 20.0 Å². The molecule has 1 fully saturated rings. The quantitative estimate of drug-likeness (QED) is 0.500. The molecule has 1 amide bonds. The van der Waals surface area contributed by atoms with Gasteiger partial charge in [-0.2, -0.15) is 18.3 Å². The third-order valence-corrected chi connectivity index (χ3v) is 8.00. The predicted octanol–water partition coefficient (Wildman–Crippen LogP) is 4.49. The van der Waals surface area contributed by atoms with Crippen LogP contribution in [-0.2, 0) is 30.5 Å². The van der Waals surface area contributed by atoms with Gasteiger partial charge in [-0.05, 0) is 50.1 Å². The number of nitrogens with zero attached hydrogens (tertiary/aromatic N) is 4. The first-order chi connectivity index (χ1) is 18.9. The van der Waals surface area contributed by atoms with E-state index in [2.05, 4.69) is 14.9 Å². The molecule has 3 aliphatic heterocycles. The minimum atomic E-state index is -4.35. The van der Waals surface area contributed by atoms with Gasteiger partial charge in [-0.15, -0.1) is 0 Å². The van der Waals surface area contributed by atoms with Crippen molar-refractivity contribution in [2.24, 2.45) is 0 Å². The lowest BCUT2D eigenvalue weighted by molar-refractivity contribution is -0.137. The molecule has 0 radical (unpaired) electrons. The number of amides is 1. The Hall–Kier alpha value is -3.37. The SMILES string of the molecule is O=C1COc2ccccc2N1C1CCN(CCCn2nc(-c3ccc(C(F)(F)F)cc3)c3c2CCNC3)CC1. The summed E-state index contributed by atoms with van der Waals surface area (Å²) in [5.74, 6) is 0.793. The molecule has 2 aromatic carbocycles. The summed E-state index contributed by atoms with van der Waals surface area (Å²) in [6, 6.07) is 13.2. The van der Waals surface area contributed by atoms with Crippen LogP contribution < -0.4 is 15.0 Å². The van der Waals surface area contributed by atoms with Crippen molar-refractivity contribution in [2.45, 2.75) is 51.0 Å². The summed E-state index contributed by atoms with van der Waals surface area (Å²) in [5, 5.41) is 8.23. The van der Waals surface area contributed by atoms with Gasteiger partial charge >= 0.3 is 6.18 Å². The summed E-state index contributed by atoms with van der Waals surface area (Å²) in [5.41, 5.74) is 3.95. The zero-order valence-electron chi connectivity index (χ0n) is 21.7. The maximum absolute atomic E-state index is 13.0. The lowest BCUT2D eigenvalue weighted by Crippen LogP contribution is -2.50. The molecule has 0 unspecified atom stereocenters. The Balaban J connectivity index is 1.07. The van der Waals surface area contributed by atoms with E-state index in [1.165, 1.54) is 17.8 Å². The largest absolute Gasteiger partial charge is 0.482 e. The van der Waals surface area contributed by atoms with Gasteiger partial charge in [0.2, 0.25) is 0 Å². The number of carbonyl (C=O) groups excluding carboxylic acids is 1.